The van der Waals surface area contributed by atoms with Crippen LogP contribution in [0, 0.1) is 5.92 Å². The summed E-state index contributed by atoms with van der Waals surface area (Å²) in [6.07, 6.45) is 4.07. The minimum absolute atomic E-state index is 0.134. The van der Waals surface area contributed by atoms with Gasteiger partial charge in [-0.15, -0.1) is 0 Å². The predicted octanol–water partition coefficient (Wildman–Crippen LogP) is 2.40. The molecule has 92 valence electrons. The van der Waals surface area contributed by atoms with Gasteiger partial charge in [0.1, 0.15) is 0 Å². The average molecular weight is 232 g/mol. The third-order valence-electron chi connectivity index (χ3n) is 3.30. The summed E-state index contributed by atoms with van der Waals surface area (Å²) in [7, 11) is 0. The van der Waals surface area contributed by atoms with E-state index in [2.05, 4.69) is 10.6 Å². The summed E-state index contributed by atoms with van der Waals surface area (Å²) in [6, 6.07) is 9.65. The monoisotopic (exact) mass is 232 g/mol. The van der Waals surface area contributed by atoms with E-state index in [-0.39, 0.29) is 5.91 Å². The minimum Gasteiger partial charge on any atom is -0.326 e. The van der Waals surface area contributed by atoms with Crippen molar-refractivity contribution in [1.29, 1.82) is 0 Å². The summed E-state index contributed by atoms with van der Waals surface area (Å²) in [5.41, 5.74) is 0.891. The summed E-state index contributed by atoms with van der Waals surface area (Å²) >= 11 is 0. The molecule has 0 saturated carbocycles. The highest BCUT2D eigenvalue weighted by atomic mass is 16.1. The number of carbonyl (C=O) groups excluding carboxylic acids is 1. The van der Waals surface area contributed by atoms with Crippen LogP contribution in [0.5, 0.6) is 0 Å². The Kier molecular flexibility index (Phi) is 4.56. The first-order valence-corrected chi connectivity index (χ1v) is 6.40. The maximum Gasteiger partial charge on any atom is 0.224 e. The van der Waals surface area contributed by atoms with Gasteiger partial charge in [0, 0.05) is 12.1 Å². The normalized spacial score (nSPS) is 16.7. The lowest BCUT2D eigenvalue weighted by Crippen LogP contribution is -2.28. The van der Waals surface area contributed by atoms with Crippen molar-refractivity contribution in [3.63, 3.8) is 0 Å². The molecule has 1 aliphatic rings. The molecule has 0 unspecified atom stereocenters. The van der Waals surface area contributed by atoms with E-state index in [0.29, 0.717) is 6.42 Å². The van der Waals surface area contributed by atoms with E-state index >= 15 is 0 Å². The van der Waals surface area contributed by atoms with Gasteiger partial charge >= 0.3 is 0 Å². The number of hydrogen-bond acceptors (Lipinski definition) is 2. The van der Waals surface area contributed by atoms with E-state index in [1.165, 1.54) is 12.8 Å². The number of nitrogens with one attached hydrogen (secondary N) is 2. The van der Waals surface area contributed by atoms with Gasteiger partial charge in [0.05, 0.1) is 0 Å². The molecule has 2 N–H and O–H groups in total. The number of piperidine rings is 1. The number of benzene rings is 1. The Balaban J connectivity index is 1.70. The molecule has 0 aliphatic carbocycles. The Labute approximate surface area is 103 Å². The van der Waals surface area contributed by atoms with Crippen LogP contribution in [-0.4, -0.2) is 19.0 Å². The molecular weight excluding hydrogens is 212 g/mol. The molecular formula is C14H20N2O. The molecule has 1 saturated heterocycles. The molecule has 3 nitrogen and oxygen atoms in total. The van der Waals surface area contributed by atoms with Crippen molar-refractivity contribution in [1.82, 2.24) is 5.32 Å². The second kappa shape index (κ2) is 6.40. The second-order valence-corrected chi connectivity index (χ2v) is 4.65. The van der Waals surface area contributed by atoms with Gasteiger partial charge < -0.3 is 10.6 Å². The van der Waals surface area contributed by atoms with Crippen LogP contribution in [0.3, 0.4) is 0 Å². The predicted molar refractivity (Wildman–Crippen MR) is 69.9 cm³/mol. The Bertz CT molecular complexity index is 344. The first-order valence-electron chi connectivity index (χ1n) is 6.40. The van der Waals surface area contributed by atoms with E-state index in [1.807, 2.05) is 30.3 Å². The highest BCUT2D eigenvalue weighted by molar-refractivity contribution is 5.90. The summed E-state index contributed by atoms with van der Waals surface area (Å²) in [4.78, 5) is 11.7. The zero-order chi connectivity index (χ0) is 11.9. The van der Waals surface area contributed by atoms with Gasteiger partial charge in [0.2, 0.25) is 5.91 Å². The number of hydrogen-bond donors (Lipinski definition) is 2. The van der Waals surface area contributed by atoms with Gasteiger partial charge in [-0.3, -0.25) is 4.79 Å². The number of anilines is 1. The molecule has 0 bridgehead atoms. The van der Waals surface area contributed by atoms with Gasteiger partial charge in [0.25, 0.3) is 0 Å². The number of carbonyl (C=O) groups is 1. The Morgan fingerprint density at radius 1 is 1.24 bits per heavy atom. The van der Waals surface area contributed by atoms with Gasteiger partial charge in [-0.05, 0) is 50.4 Å². The number of rotatable bonds is 4. The smallest absolute Gasteiger partial charge is 0.224 e. The van der Waals surface area contributed by atoms with Crippen molar-refractivity contribution in [2.75, 3.05) is 18.4 Å². The van der Waals surface area contributed by atoms with Gasteiger partial charge in [-0.25, -0.2) is 0 Å². The van der Waals surface area contributed by atoms with E-state index < -0.39 is 0 Å². The molecule has 0 spiro atoms. The Morgan fingerprint density at radius 2 is 1.94 bits per heavy atom. The molecule has 17 heavy (non-hydrogen) atoms. The molecule has 1 aromatic rings. The van der Waals surface area contributed by atoms with Crippen molar-refractivity contribution in [3.05, 3.63) is 30.3 Å². The van der Waals surface area contributed by atoms with Crippen molar-refractivity contribution in [2.24, 2.45) is 5.92 Å². The van der Waals surface area contributed by atoms with E-state index in [0.717, 1.165) is 31.1 Å². The first kappa shape index (κ1) is 12.1. The zero-order valence-corrected chi connectivity index (χ0v) is 10.1. The average Bonchev–Trinajstić information content (AvgIpc) is 2.39. The summed E-state index contributed by atoms with van der Waals surface area (Å²) in [5.74, 6) is 0.854. The molecule has 0 atom stereocenters. The summed E-state index contributed by atoms with van der Waals surface area (Å²) < 4.78 is 0. The van der Waals surface area contributed by atoms with Gasteiger partial charge in [-0.2, -0.15) is 0 Å². The lowest BCUT2D eigenvalue weighted by molar-refractivity contribution is -0.116. The quantitative estimate of drug-likeness (QED) is 0.837. The van der Waals surface area contributed by atoms with Crippen LogP contribution >= 0.6 is 0 Å². The van der Waals surface area contributed by atoms with Crippen molar-refractivity contribution in [2.45, 2.75) is 25.7 Å². The fourth-order valence-corrected chi connectivity index (χ4v) is 2.25. The van der Waals surface area contributed by atoms with Crippen LogP contribution in [0.15, 0.2) is 30.3 Å². The molecule has 2 rings (SSSR count). The van der Waals surface area contributed by atoms with E-state index in [4.69, 9.17) is 0 Å². The van der Waals surface area contributed by atoms with Gasteiger partial charge in [0.15, 0.2) is 0 Å². The van der Waals surface area contributed by atoms with Crippen LogP contribution in [-0.2, 0) is 4.79 Å². The van der Waals surface area contributed by atoms with Crippen LogP contribution in [0.25, 0.3) is 0 Å². The summed E-state index contributed by atoms with van der Waals surface area (Å²) in [5, 5.41) is 6.27. The first-order chi connectivity index (χ1) is 8.34. The number of para-hydroxylation sites is 1. The molecule has 3 heteroatoms. The molecule has 1 aromatic carbocycles. The maximum absolute atomic E-state index is 11.7. The second-order valence-electron chi connectivity index (χ2n) is 4.65. The number of amides is 1. The topological polar surface area (TPSA) is 41.1 Å². The van der Waals surface area contributed by atoms with E-state index in [9.17, 15) is 4.79 Å². The molecule has 1 amide bonds. The van der Waals surface area contributed by atoms with Crippen molar-refractivity contribution < 1.29 is 4.79 Å². The Hall–Kier alpha value is -1.35. The van der Waals surface area contributed by atoms with E-state index in [1.54, 1.807) is 0 Å². The molecule has 1 aliphatic heterocycles. The molecule has 0 radical (unpaired) electrons. The molecule has 0 aromatic heterocycles. The highest BCUT2D eigenvalue weighted by Gasteiger charge is 2.14. The molecule has 1 heterocycles. The fraction of sp³-hybridized carbons (Fsp3) is 0.500. The van der Waals surface area contributed by atoms with Crippen LogP contribution < -0.4 is 10.6 Å². The Morgan fingerprint density at radius 3 is 2.65 bits per heavy atom. The highest BCUT2D eigenvalue weighted by Crippen LogP contribution is 2.18. The van der Waals surface area contributed by atoms with Crippen LogP contribution in [0.1, 0.15) is 25.7 Å². The molecule has 1 fully saturated rings. The van der Waals surface area contributed by atoms with Crippen molar-refractivity contribution in [3.8, 4) is 0 Å². The third kappa shape index (κ3) is 4.19. The van der Waals surface area contributed by atoms with Crippen LogP contribution in [0.4, 0.5) is 5.69 Å². The lowest BCUT2D eigenvalue weighted by Gasteiger charge is -2.22. The van der Waals surface area contributed by atoms with Crippen molar-refractivity contribution >= 4 is 11.6 Å². The lowest BCUT2D eigenvalue weighted by atomic mass is 9.93. The fourth-order valence-electron chi connectivity index (χ4n) is 2.25. The zero-order valence-electron chi connectivity index (χ0n) is 10.1. The third-order valence-corrected chi connectivity index (χ3v) is 3.30. The minimum atomic E-state index is 0.134. The van der Waals surface area contributed by atoms with Gasteiger partial charge in [-0.1, -0.05) is 18.2 Å². The summed E-state index contributed by atoms with van der Waals surface area (Å²) in [6.45, 7) is 2.20. The maximum atomic E-state index is 11.7. The van der Waals surface area contributed by atoms with Crippen LogP contribution in [0.2, 0.25) is 0 Å². The SMILES string of the molecule is O=C(CCC1CCNCC1)Nc1ccccc1. The standard InChI is InChI=1S/C14H20N2O/c17-14(16-13-4-2-1-3-5-13)7-6-12-8-10-15-11-9-12/h1-5,12,15H,6-11H2,(H,16,17). The largest absolute Gasteiger partial charge is 0.326 e.